The number of hydrogen-bond donors (Lipinski definition) is 2. The summed E-state index contributed by atoms with van der Waals surface area (Å²) in [6.45, 7) is 7.06. The van der Waals surface area contributed by atoms with Gasteiger partial charge in [0, 0.05) is 38.8 Å². The summed E-state index contributed by atoms with van der Waals surface area (Å²) in [5.74, 6) is 1.48. The van der Waals surface area contributed by atoms with E-state index in [2.05, 4.69) is 41.8 Å². The lowest BCUT2D eigenvalue weighted by atomic mass is 9.78. The van der Waals surface area contributed by atoms with E-state index >= 15 is 0 Å². The topological polar surface area (TPSA) is 54.9 Å². The van der Waals surface area contributed by atoms with Crippen molar-refractivity contribution in [3.8, 4) is 0 Å². The Balaban J connectivity index is 1.36. The Bertz CT molecular complexity index is 541. The maximum Gasteiger partial charge on any atom is 0.191 e. The summed E-state index contributed by atoms with van der Waals surface area (Å²) >= 11 is 0. The van der Waals surface area contributed by atoms with Crippen LogP contribution in [0.1, 0.15) is 36.8 Å². The van der Waals surface area contributed by atoms with Gasteiger partial charge in [0.1, 0.15) is 0 Å². The molecule has 0 saturated carbocycles. The third-order valence-corrected chi connectivity index (χ3v) is 4.63. The molecule has 0 amide bonds. The molecule has 5 nitrogen and oxygen atoms in total. The number of nitrogens with one attached hydrogen (secondary N) is 2. The van der Waals surface area contributed by atoms with Crippen LogP contribution in [0, 0.1) is 0 Å². The normalized spacial score (nSPS) is 22.8. The summed E-state index contributed by atoms with van der Waals surface area (Å²) in [6, 6.07) is 8.68. The molecule has 0 radical (unpaired) electrons. The lowest BCUT2D eigenvalue weighted by Crippen LogP contribution is -2.38. The highest BCUT2D eigenvalue weighted by atomic mass is 16.5. The van der Waals surface area contributed by atoms with Gasteiger partial charge in [0.05, 0.1) is 12.7 Å². The highest BCUT2D eigenvalue weighted by molar-refractivity contribution is 5.79. The molecule has 2 atom stereocenters. The lowest BCUT2D eigenvalue weighted by molar-refractivity contribution is 0.0420. The fraction of sp³-hybridized carbons (Fsp3) is 0.632. The third-order valence-electron chi connectivity index (χ3n) is 4.63. The van der Waals surface area contributed by atoms with Crippen LogP contribution < -0.4 is 10.6 Å². The Morgan fingerprint density at radius 2 is 2.25 bits per heavy atom. The predicted octanol–water partition coefficient (Wildman–Crippen LogP) is 2.08. The molecule has 24 heavy (non-hydrogen) atoms. The molecule has 5 heteroatoms. The molecule has 1 saturated heterocycles. The van der Waals surface area contributed by atoms with E-state index in [0.717, 1.165) is 64.7 Å². The first-order valence-corrected chi connectivity index (χ1v) is 9.16. The Morgan fingerprint density at radius 1 is 1.33 bits per heavy atom. The fourth-order valence-corrected chi connectivity index (χ4v) is 3.24. The van der Waals surface area contributed by atoms with Gasteiger partial charge in [-0.3, -0.25) is 4.99 Å². The van der Waals surface area contributed by atoms with E-state index in [1.54, 1.807) is 0 Å². The van der Waals surface area contributed by atoms with Crippen molar-refractivity contribution >= 4 is 5.96 Å². The van der Waals surface area contributed by atoms with Crippen molar-refractivity contribution in [2.45, 2.75) is 38.2 Å². The first kappa shape index (κ1) is 17.2. The summed E-state index contributed by atoms with van der Waals surface area (Å²) in [7, 11) is 0. The standard InChI is InChI=1S/C19H29N3O2/c1-2-20-19(21-9-5-10-24-17-8-11-23-14-17)22-13-16-12-15-6-3-4-7-18(15)16/h3-4,6-7,16-17H,2,5,8-14H2,1H3,(H2,20,21,22). The van der Waals surface area contributed by atoms with Gasteiger partial charge in [0.25, 0.3) is 0 Å². The van der Waals surface area contributed by atoms with Crippen molar-refractivity contribution < 1.29 is 9.47 Å². The zero-order valence-electron chi connectivity index (χ0n) is 14.6. The summed E-state index contributed by atoms with van der Waals surface area (Å²) in [4.78, 5) is 4.74. The van der Waals surface area contributed by atoms with Gasteiger partial charge in [0.2, 0.25) is 0 Å². The van der Waals surface area contributed by atoms with Crippen LogP contribution >= 0.6 is 0 Å². The van der Waals surface area contributed by atoms with Crippen molar-refractivity contribution in [2.24, 2.45) is 4.99 Å². The number of hydrogen-bond acceptors (Lipinski definition) is 3. The van der Waals surface area contributed by atoms with Crippen LogP contribution in [0.4, 0.5) is 0 Å². The van der Waals surface area contributed by atoms with Crippen LogP contribution in [-0.4, -0.2) is 51.5 Å². The van der Waals surface area contributed by atoms with Crippen LogP contribution in [0.25, 0.3) is 0 Å². The highest BCUT2D eigenvalue weighted by Crippen LogP contribution is 2.34. The Labute approximate surface area is 144 Å². The van der Waals surface area contributed by atoms with Crippen LogP contribution in [-0.2, 0) is 15.9 Å². The minimum Gasteiger partial charge on any atom is -0.379 e. The number of guanidine groups is 1. The van der Waals surface area contributed by atoms with Gasteiger partial charge >= 0.3 is 0 Å². The molecule has 1 aromatic rings. The molecule has 1 fully saturated rings. The zero-order chi connectivity index (χ0) is 16.6. The van der Waals surface area contributed by atoms with Crippen molar-refractivity contribution in [3.63, 3.8) is 0 Å². The molecule has 0 spiro atoms. The molecule has 2 N–H and O–H groups in total. The number of fused-ring (bicyclic) bond motifs is 1. The third kappa shape index (κ3) is 4.71. The Kier molecular flexibility index (Phi) is 6.49. The number of aliphatic imine (C=N–C) groups is 1. The van der Waals surface area contributed by atoms with Crippen molar-refractivity contribution in [1.82, 2.24) is 10.6 Å². The number of benzene rings is 1. The molecule has 2 unspecified atom stereocenters. The van der Waals surface area contributed by atoms with Crippen molar-refractivity contribution in [1.29, 1.82) is 0 Å². The molecule has 1 aliphatic heterocycles. The van der Waals surface area contributed by atoms with Crippen LogP contribution in [0.2, 0.25) is 0 Å². The largest absolute Gasteiger partial charge is 0.379 e. The first-order chi connectivity index (χ1) is 11.9. The van der Waals surface area contributed by atoms with Gasteiger partial charge in [-0.15, -0.1) is 0 Å². The van der Waals surface area contributed by atoms with Crippen LogP contribution in [0.5, 0.6) is 0 Å². The SMILES string of the molecule is CCNC(=NCC1Cc2ccccc21)NCCCOC1CCOC1. The predicted molar refractivity (Wildman–Crippen MR) is 96.7 cm³/mol. The fourth-order valence-electron chi connectivity index (χ4n) is 3.24. The quantitative estimate of drug-likeness (QED) is 0.435. The van der Waals surface area contributed by atoms with E-state index in [4.69, 9.17) is 14.5 Å². The summed E-state index contributed by atoms with van der Waals surface area (Å²) in [6.07, 6.45) is 3.45. The summed E-state index contributed by atoms with van der Waals surface area (Å²) < 4.78 is 11.1. The van der Waals surface area contributed by atoms with Gasteiger partial charge in [-0.05, 0) is 37.3 Å². The average Bonchev–Trinajstić information content (AvgIpc) is 3.08. The molecule has 1 heterocycles. The van der Waals surface area contributed by atoms with Gasteiger partial charge in [0.15, 0.2) is 5.96 Å². The van der Waals surface area contributed by atoms with E-state index in [9.17, 15) is 0 Å². The zero-order valence-corrected chi connectivity index (χ0v) is 14.6. The second-order valence-electron chi connectivity index (χ2n) is 6.46. The Morgan fingerprint density at radius 3 is 3.04 bits per heavy atom. The first-order valence-electron chi connectivity index (χ1n) is 9.16. The summed E-state index contributed by atoms with van der Waals surface area (Å²) in [5, 5.41) is 6.72. The van der Waals surface area contributed by atoms with E-state index in [-0.39, 0.29) is 0 Å². The highest BCUT2D eigenvalue weighted by Gasteiger charge is 2.24. The Hall–Kier alpha value is -1.59. The lowest BCUT2D eigenvalue weighted by Gasteiger charge is -2.28. The van der Waals surface area contributed by atoms with Gasteiger partial charge < -0.3 is 20.1 Å². The second-order valence-corrected chi connectivity index (χ2v) is 6.46. The minimum absolute atomic E-state index is 0.297. The van der Waals surface area contributed by atoms with E-state index in [0.29, 0.717) is 12.0 Å². The monoisotopic (exact) mass is 331 g/mol. The van der Waals surface area contributed by atoms with Crippen molar-refractivity contribution in [2.75, 3.05) is 39.5 Å². The molecule has 132 valence electrons. The molecular formula is C19H29N3O2. The van der Waals surface area contributed by atoms with Gasteiger partial charge in [-0.2, -0.15) is 0 Å². The minimum atomic E-state index is 0.297. The number of rotatable bonds is 8. The van der Waals surface area contributed by atoms with Gasteiger partial charge in [-0.1, -0.05) is 24.3 Å². The maximum absolute atomic E-state index is 5.78. The maximum atomic E-state index is 5.78. The number of nitrogens with zero attached hydrogens (tertiary/aromatic N) is 1. The molecule has 0 bridgehead atoms. The molecule has 3 rings (SSSR count). The second kappa shape index (κ2) is 9.04. The average molecular weight is 331 g/mol. The molecule has 1 aliphatic carbocycles. The molecule has 2 aliphatic rings. The molecule has 1 aromatic carbocycles. The van der Waals surface area contributed by atoms with Crippen molar-refractivity contribution in [3.05, 3.63) is 35.4 Å². The molecule has 0 aromatic heterocycles. The smallest absolute Gasteiger partial charge is 0.191 e. The van der Waals surface area contributed by atoms with Crippen LogP contribution in [0.3, 0.4) is 0 Å². The van der Waals surface area contributed by atoms with E-state index < -0.39 is 0 Å². The number of ether oxygens (including phenoxy) is 2. The van der Waals surface area contributed by atoms with E-state index in [1.807, 2.05) is 0 Å². The summed E-state index contributed by atoms with van der Waals surface area (Å²) in [5.41, 5.74) is 2.94. The van der Waals surface area contributed by atoms with Gasteiger partial charge in [-0.25, -0.2) is 0 Å². The van der Waals surface area contributed by atoms with Crippen LogP contribution in [0.15, 0.2) is 29.3 Å². The molecular weight excluding hydrogens is 302 g/mol. The van der Waals surface area contributed by atoms with E-state index in [1.165, 1.54) is 11.1 Å².